The Morgan fingerprint density at radius 1 is 1.50 bits per heavy atom. The molecule has 0 aliphatic heterocycles. The van der Waals surface area contributed by atoms with E-state index in [0.29, 0.717) is 25.0 Å². The number of nitrogens with two attached hydrogens (primary N) is 1. The molecule has 0 radical (unpaired) electrons. The summed E-state index contributed by atoms with van der Waals surface area (Å²) in [6.07, 6.45) is 7.34. The molecule has 0 aliphatic rings. The molecular weight excluding hydrogens is 254 g/mol. The van der Waals surface area contributed by atoms with Gasteiger partial charge in [0, 0.05) is 24.7 Å². The molecule has 3 N–H and O–H groups in total. The van der Waals surface area contributed by atoms with Crippen LogP contribution >= 0.6 is 0 Å². The van der Waals surface area contributed by atoms with Crippen molar-refractivity contribution in [2.45, 2.75) is 46.6 Å². The van der Waals surface area contributed by atoms with Crippen molar-refractivity contribution in [3.63, 3.8) is 0 Å². The molecule has 1 aromatic rings. The number of nitrogens with zero attached hydrogens (tertiary/aromatic N) is 2. The lowest BCUT2D eigenvalue weighted by Crippen LogP contribution is -2.09. The fourth-order valence-corrected chi connectivity index (χ4v) is 1.77. The highest BCUT2D eigenvalue weighted by molar-refractivity contribution is 5.86. The minimum Gasteiger partial charge on any atom is -0.478 e. The maximum Gasteiger partial charge on any atom is 0.331 e. The summed E-state index contributed by atoms with van der Waals surface area (Å²) in [5.41, 5.74) is 6.81. The minimum atomic E-state index is -0.900. The smallest absolute Gasteiger partial charge is 0.331 e. The Morgan fingerprint density at radius 2 is 2.20 bits per heavy atom. The number of carbonyl (C=O) groups is 1. The summed E-state index contributed by atoms with van der Waals surface area (Å²) in [7, 11) is 0. The van der Waals surface area contributed by atoms with E-state index in [1.165, 1.54) is 0 Å². The molecule has 0 atom stereocenters. The van der Waals surface area contributed by atoms with Crippen molar-refractivity contribution in [1.29, 1.82) is 0 Å². The first-order valence-electron chi connectivity index (χ1n) is 6.95. The number of carboxylic acids is 1. The van der Waals surface area contributed by atoms with Gasteiger partial charge in [0.1, 0.15) is 0 Å². The zero-order chi connectivity index (χ0) is 15.2. The summed E-state index contributed by atoms with van der Waals surface area (Å²) >= 11 is 0. The molecule has 5 nitrogen and oxygen atoms in total. The number of carboxylic acid groups (broad SMARTS) is 1. The van der Waals surface area contributed by atoms with E-state index in [-0.39, 0.29) is 5.41 Å². The third-order valence-electron chi connectivity index (χ3n) is 3.01. The topological polar surface area (TPSA) is 81.1 Å². The van der Waals surface area contributed by atoms with Crippen LogP contribution in [0.15, 0.2) is 24.2 Å². The van der Waals surface area contributed by atoms with Crippen LogP contribution in [-0.4, -0.2) is 27.2 Å². The molecule has 0 amide bonds. The zero-order valence-corrected chi connectivity index (χ0v) is 12.6. The van der Waals surface area contributed by atoms with Gasteiger partial charge >= 0.3 is 5.97 Å². The SMILES string of the molecule is CC(C)(C)CCn1cnc(C/C(=C/CCN)C(=O)O)c1. The molecule has 20 heavy (non-hydrogen) atoms. The van der Waals surface area contributed by atoms with Gasteiger partial charge in [-0.15, -0.1) is 0 Å². The van der Waals surface area contributed by atoms with Crippen molar-refractivity contribution in [3.05, 3.63) is 29.9 Å². The Balaban J connectivity index is 2.64. The third-order valence-corrected chi connectivity index (χ3v) is 3.01. The number of aryl methyl sites for hydroxylation is 1. The molecule has 5 heteroatoms. The monoisotopic (exact) mass is 279 g/mol. The summed E-state index contributed by atoms with van der Waals surface area (Å²) in [5, 5.41) is 9.13. The second kappa shape index (κ2) is 7.24. The second-order valence-electron chi connectivity index (χ2n) is 6.20. The number of imidazole rings is 1. The van der Waals surface area contributed by atoms with Crippen LogP contribution in [0.25, 0.3) is 0 Å². The number of rotatable bonds is 7. The van der Waals surface area contributed by atoms with Crippen LogP contribution in [0.5, 0.6) is 0 Å². The molecule has 0 bridgehead atoms. The normalized spacial score (nSPS) is 12.7. The average Bonchev–Trinajstić information content (AvgIpc) is 2.78. The van der Waals surface area contributed by atoms with Crippen LogP contribution in [0.1, 0.15) is 39.3 Å². The van der Waals surface area contributed by atoms with Gasteiger partial charge in [-0.25, -0.2) is 9.78 Å². The first kappa shape index (κ1) is 16.4. The first-order chi connectivity index (χ1) is 9.31. The Kier molecular flexibility index (Phi) is 5.95. The molecule has 112 valence electrons. The lowest BCUT2D eigenvalue weighted by molar-refractivity contribution is -0.132. The molecule has 0 aliphatic carbocycles. The highest BCUT2D eigenvalue weighted by Gasteiger charge is 2.12. The van der Waals surface area contributed by atoms with E-state index in [1.54, 1.807) is 12.4 Å². The average molecular weight is 279 g/mol. The molecule has 0 fully saturated rings. The van der Waals surface area contributed by atoms with Crippen molar-refractivity contribution in [1.82, 2.24) is 9.55 Å². The van der Waals surface area contributed by atoms with Crippen molar-refractivity contribution in [2.24, 2.45) is 11.1 Å². The zero-order valence-electron chi connectivity index (χ0n) is 12.6. The van der Waals surface area contributed by atoms with Gasteiger partial charge in [0.2, 0.25) is 0 Å². The molecular formula is C15H25N3O2. The maximum absolute atomic E-state index is 11.1. The summed E-state index contributed by atoms with van der Waals surface area (Å²) in [4.78, 5) is 15.4. The van der Waals surface area contributed by atoms with E-state index in [4.69, 9.17) is 10.8 Å². The van der Waals surface area contributed by atoms with Gasteiger partial charge in [-0.1, -0.05) is 26.8 Å². The Morgan fingerprint density at radius 3 is 2.75 bits per heavy atom. The first-order valence-corrected chi connectivity index (χ1v) is 6.95. The van der Waals surface area contributed by atoms with E-state index < -0.39 is 5.97 Å². The standard InChI is InChI=1S/C15H25N3O2/c1-15(2,3)6-8-18-10-13(17-11-18)9-12(14(19)20)5-4-7-16/h5,10-11H,4,6-9,16H2,1-3H3,(H,19,20)/b12-5-. The number of aromatic nitrogens is 2. The second-order valence-corrected chi connectivity index (χ2v) is 6.20. The number of hydrogen-bond donors (Lipinski definition) is 2. The van der Waals surface area contributed by atoms with Gasteiger partial charge in [0.25, 0.3) is 0 Å². The van der Waals surface area contributed by atoms with Crippen LogP contribution in [0.2, 0.25) is 0 Å². The largest absolute Gasteiger partial charge is 0.478 e. The third kappa shape index (κ3) is 6.02. The fraction of sp³-hybridized carbons (Fsp3) is 0.600. The maximum atomic E-state index is 11.1. The van der Waals surface area contributed by atoms with Crippen LogP contribution < -0.4 is 5.73 Å². The summed E-state index contributed by atoms with van der Waals surface area (Å²) < 4.78 is 2.02. The molecule has 1 aromatic heterocycles. The van der Waals surface area contributed by atoms with E-state index in [1.807, 2.05) is 10.8 Å². The highest BCUT2D eigenvalue weighted by Crippen LogP contribution is 2.19. The number of aliphatic carboxylic acids is 1. The van der Waals surface area contributed by atoms with Crippen LogP contribution in [-0.2, 0) is 17.8 Å². The number of hydrogen-bond acceptors (Lipinski definition) is 3. The van der Waals surface area contributed by atoms with Gasteiger partial charge in [0.15, 0.2) is 0 Å². The molecule has 0 saturated heterocycles. The van der Waals surface area contributed by atoms with Crippen LogP contribution in [0.4, 0.5) is 0 Å². The van der Waals surface area contributed by atoms with E-state index >= 15 is 0 Å². The molecule has 0 saturated carbocycles. The Bertz CT molecular complexity index is 470. The summed E-state index contributed by atoms with van der Waals surface area (Å²) in [5.74, 6) is -0.900. The molecule has 1 rings (SSSR count). The van der Waals surface area contributed by atoms with Crippen molar-refractivity contribution in [3.8, 4) is 0 Å². The molecule has 0 unspecified atom stereocenters. The lowest BCUT2D eigenvalue weighted by Gasteiger charge is -2.17. The van der Waals surface area contributed by atoms with Gasteiger partial charge in [-0.2, -0.15) is 0 Å². The van der Waals surface area contributed by atoms with E-state index in [2.05, 4.69) is 25.8 Å². The van der Waals surface area contributed by atoms with Crippen molar-refractivity contribution in [2.75, 3.05) is 6.54 Å². The minimum absolute atomic E-state index is 0.275. The van der Waals surface area contributed by atoms with E-state index in [9.17, 15) is 4.79 Å². The predicted molar refractivity (Wildman–Crippen MR) is 79.4 cm³/mol. The van der Waals surface area contributed by atoms with E-state index in [0.717, 1.165) is 18.7 Å². The molecule has 0 aromatic carbocycles. The van der Waals surface area contributed by atoms with Gasteiger partial charge in [-0.05, 0) is 24.8 Å². The van der Waals surface area contributed by atoms with Crippen LogP contribution in [0, 0.1) is 5.41 Å². The van der Waals surface area contributed by atoms with Crippen molar-refractivity contribution < 1.29 is 9.90 Å². The Hall–Kier alpha value is -1.62. The van der Waals surface area contributed by atoms with Gasteiger partial charge in [0.05, 0.1) is 12.0 Å². The van der Waals surface area contributed by atoms with Gasteiger partial charge < -0.3 is 15.4 Å². The lowest BCUT2D eigenvalue weighted by atomic mass is 9.92. The fourth-order valence-electron chi connectivity index (χ4n) is 1.77. The van der Waals surface area contributed by atoms with Gasteiger partial charge in [-0.3, -0.25) is 0 Å². The highest BCUT2D eigenvalue weighted by atomic mass is 16.4. The quantitative estimate of drug-likeness (QED) is 0.750. The summed E-state index contributed by atoms with van der Waals surface area (Å²) in [6.45, 7) is 7.94. The summed E-state index contributed by atoms with van der Waals surface area (Å²) in [6, 6.07) is 0. The Labute approximate surface area is 120 Å². The molecule has 1 heterocycles. The van der Waals surface area contributed by atoms with Crippen LogP contribution in [0.3, 0.4) is 0 Å². The van der Waals surface area contributed by atoms with Crippen molar-refractivity contribution >= 4 is 5.97 Å². The predicted octanol–water partition coefficient (Wildman–Crippen LogP) is 2.22. The molecule has 0 spiro atoms.